The molecular formula is C14H21N3O2. The van der Waals surface area contributed by atoms with E-state index in [0.29, 0.717) is 4.73 Å². The number of nitrogens with zero attached hydrogens (tertiary/aromatic N) is 2. The number of carbonyl (C=O) groups is 1. The van der Waals surface area contributed by atoms with Gasteiger partial charge in [-0.1, -0.05) is 6.42 Å². The van der Waals surface area contributed by atoms with E-state index < -0.39 is 0 Å². The molecule has 1 aromatic rings. The van der Waals surface area contributed by atoms with Crippen molar-refractivity contribution in [1.82, 2.24) is 10.2 Å². The van der Waals surface area contributed by atoms with Gasteiger partial charge in [-0.15, -0.1) is 0 Å². The van der Waals surface area contributed by atoms with Crippen LogP contribution in [0.1, 0.15) is 36.7 Å². The number of likely N-dealkylation sites (tertiary alicyclic amines) is 1. The molecule has 1 unspecified atom stereocenters. The second-order valence-electron chi connectivity index (χ2n) is 5.15. The predicted molar refractivity (Wildman–Crippen MR) is 72.6 cm³/mol. The normalized spacial score (nSPS) is 17.9. The van der Waals surface area contributed by atoms with Crippen LogP contribution in [0.2, 0.25) is 0 Å². The Labute approximate surface area is 113 Å². The third kappa shape index (κ3) is 3.92. The maximum atomic E-state index is 12.0. The second kappa shape index (κ2) is 6.52. The molecule has 1 fully saturated rings. The van der Waals surface area contributed by atoms with Crippen LogP contribution in [0.25, 0.3) is 0 Å². The molecule has 1 saturated heterocycles. The molecule has 0 aliphatic carbocycles. The average molecular weight is 263 g/mol. The van der Waals surface area contributed by atoms with E-state index in [1.807, 2.05) is 6.92 Å². The molecule has 5 nitrogen and oxygen atoms in total. The summed E-state index contributed by atoms with van der Waals surface area (Å²) in [6, 6.07) is 4.89. The first-order valence-electron chi connectivity index (χ1n) is 6.88. The monoisotopic (exact) mass is 263 g/mol. The smallest absolute Gasteiger partial charge is 0.317 e. The third-order valence-electron chi connectivity index (χ3n) is 3.41. The Morgan fingerprint density at radius 1 is 1.42 bits per heavy atom. The fourth-order valence-electron chi connectivity index (χ4n) is 2.48. The summed E-state index contributed by atoms with van der Waals surface area (Å²) in [4.78, 5) is 14.3. The zero-order valence-corrected chi connectivity index (χ0v) is 11.3. The van der Waals surface area contributed by atoms with Gasteiger partial charge in [0.1, 0.15) is 0 Å². The van der Waals surface area contributed by atoms with Gasteiger partial charge in [0, 0.05) is 24.7 Å². The molecule has 104 valence electrons. The van der Waals surface area contributed by atoms with Crippen molar-refractivity contribution in [3.63, 3.8) is 0 Å². The SMILES string of the molecule is CC(CN1CCCCC1)NC(=O)c1cccc[n+]1[O-]. The summed E-state index contributed by atoms with van der Waals surface area (Å²) < 4.78 is 0.600. The largest absolute Gasteiger partial charge is 0.618 e. The number of piperidine rings is 1. The van der Waals surface area contributed by atoms with Crippen LogP contribution in [-0.2, 0) is 0 Å². The van der Waals surface area contributed by atoms with Gasteiger partial charge in [-0.3, -0.25) is 4.79 Å². The standard InChI is InChI=1S/C14H21N3O2/c1-12(11-16-8-4-2-5-9-16)15-14(18)13-7-3-6-10-17(13)19/h3,6-7,10,12H,2,4-5,8-9,11H2,1H3,(H,15,18). The predicted octanol–water partition coefficient (Wildman–Crippen LogP) is 0.924. The van der Waals surface area contributed by atoms with Crippen LogP contribution in [0.15, 0.2) is 24.4 Å². The fraction of sp³-hybridized carbons (Fsp3) is 0.571. The van der Waals surface area contributed by atoms with Crippen LogP contribution in [0.4, 0.5) is 0 Å². The summed E-state index contributed by atoms with van der Waals surface area (Å²) in [5, 5.41) is 14.4. The number of hydrogen-bond acceptors (Lipinski definition) is 3. The van der Waals surface area contributed by atoms with Gasteiger partial charge in [-0.2, -0.15) is 4.73 Å². The minimum absolute atomic E-state index is 0.0470. The minimum atomic E-state index is -0.305. The van der Waals surface area contributed by atoms with E-state index in [4.69, 9.17) is 0 Å². The van der Waals surface area contributed by atoms with Crippen LogP contribution in [0.5, 0.6) is 0 Å². The van der Waals surface area contributed by atoms with Gasteiger partial charge in [-0.05, 0) is 38.9 Å². The molecule has 0 radical (unpaired) electrons. The highest BCUT2D eigenvalue weighted by Gasteiger charge is 2.19. The minimum Gasteiger partial charge on any atom is -0.618 e. The van der Waals surface area contributed by atoms with Crippen molar-refractivity contribution >= 4 is 5.91 Å². The average Bonchev–Trinajstić information content (AvgIpc) is 2.40. The van der Waals surface area contributed by atoms with Gasteiger partial charge in [0.25, 0.3) is 5.69 Å². The zero-order valence-electron chi connectivity index (χ0n) is 11.3. The summed E-state index contributed by atoms with van der Waals surface area (Å²) >= 11 is 0. The van der Waals surface area contributed by atoms with Crippen molar-refractivity contribution in [3.05, 3.63) is 35.3 Å². The quantitative estimate of drug-likeness (QED) is 0.649. The molecule has 2 rings (SSSR count). The van der Waals surface area contributed by atoms with E-state index >= 15 is 0 Å². The van der Waals surface area contributed by atoms with Crippen molar-refractivity contribution in [2.24, 2.45) is 0 Å². The van der Waals surface area contributed by atoms with Gasteiger partial charge in [0.15, 0.2) is 6.20 Å². The number of nitrogens with one attached hydrogen (secondary N) is 1. The van der Waals surface area contributed by atoms with Crippen molar-refractivity contribution in [1.29, 1.82) is 0 Å². The zero-order chi connectivity index (χ0) is 13.7. The fourth-order valence-corrected chi connectivity index (χ4v) is 2.48. The molecule has 0 spiro atoms. The second-order valence-corrected chi connectivity index (χ2v) is 5.15. The van der Waals surface area contributed by atoms with E-state index in [0.717, 1.165) is 19.6 Å². The molecule has 1 aromatic heterocycles. The summed E-state index contributed by atoms with van der Waals surface area (Å²) in [6.45, 7) is 5.03. The Kier molecular flexibility index (Phi) is 4.74. The number of pyridine rings is 1. The summed E-state index contributed by atoms with van der Waals surface area (Å²) in [6.07, 6.45) is 5.11. The van der Waals surface area contributed by atoms with Crippen LogP contribution < -0.4 is 10.0 Å². The Morgan fingerprint density at radius 3 is 2.84 bits per heavy atom. The van der Waals surface area contributed by atoms with Gasteiger partial charge in [0.2, 0.25) is 0 Å². The number of rotatable bonds is 4. The molecule has 0 aromatic carbocycles. The number of amides is 1. The molecule has 1 atom stereocenters. The first-order chi connectivity index (χ1) is 9.16. The Hall–Kier alpha value is -1.62. The van der Waals surface area contributed by atoms with Crippen molar-refractivity contribution in [2.75, 3.05) is 19.6 Å². The first-order valence-corrected chi connectivity index (χ1v) is 6.88. The van der Waals surface area contributed by atoms with E-state index in [1.165, 1.54) is 31.5 Å². The molecule has 1 N–H and O–H groups in total. The Morgan fingerprint density at radius 2 is 2.16 bits per heavy atom. The molecule has 5 heteroatoms. The maximum Gasteiger partial charge on any atom is 0.317 e. The molecule has 1 aliphatic heterocycles. The summed E-state index contributed by atoms with van der Waals surface area (Å²) in [7, 11) is 0. The van der Waals surface area contributed by atoms with Crippen LogP contribution in [-0.4, -0.2) is 36.5 Å². The van der Waals surface area contributed by atoms with Gasteiger partial charge in [-0.25, -0.2) is 0 Å². The maximum absolute atomic E-state index is 12.0. The number of aromatic nitrogens is 1. The molecule has 1 amide bonds. The van der Waals surface area contributed by atoms with Crippen molar-refractivity contribution in [2.45, 2.75) is 32.2 Å². The van der Waals surface area contributed by atoms with Crippen LogP contribution >= 0.6 is 0 Å². The van der Waals surface area contributed by atoms with Gasteiger partial charge >= 0.3 is 5.91 Å². The van der Waals surface area contributed by atoms with Crippen molar-refractivity contribution in [3.8, 4) is 0 Å². The topological polar surface area (TPSA) is 59.3 Å². The molecule has 0 bridgehead atoms. The lowest BCUT2D eigenvalue weighted by Crippen LogP contribution is -2.46. The Bertz CT molecular complexity index is 430. The van der Waals surface area contributed by atoms with E-state index in [9.17, 15) is 10.0 Å². The van der Waals surface area contributed by atoms with Gasteiger partial charge < -0.3 is 15.4 Å². The van der Waals surface area contributed by atoms with E-state index in [1.54, 1.807) is 12.1 Å². The third-order valence-corrected chi connectivity index (χ3v) is 3.41. The van der Waals surface area contributed by atoms with E-state index in [2.05, 4.69) is 10.2 Å². The molecule has 19 heavy (non-hydrogen) atoms. The first kappa shape index (κ1) is 13.8. The van der Waals surface area contributed by atoms with E-state index in [-0.39, 0.29) is 17.6 Å². The number of hydrogen-bond donors (Lipinski definition) is 1. The molecule has 2 heterocycles. The summed E-state index contributed by atoms with van der Waals surface area (Å²) in [5.41, 5.74) is 0.146. The molecule has 1 aliphatic rings. The summed E-state index contributed by atoms with van der Waals surface area (Å²) in [5.74, 6) is -0.305. The highest BCUT2D eigenvalue weighted by atomic mass is 16.5. The van der Waals surface area contributed by atoms with Crippen molar-refractivity contribution < 1.29 is 9.52 Å². The van der Waals surface area contributed by atoms with Crippen LogP contribution in [0, 0.1) is 5.21 Å². The lowest BCUT2D eigenvalue weighted by Gasteiger charge is -2.29. The van der Waals surface area contributed by atoms with Crippen LogP contribution in [0.3, 0.4) is 0 Å². The number of carbonyl (C=O) groups excluding carboxylic acids is 1. The molecule has 0 saturated carbocycles. The molecular weight excluding hydrogens is 242 g/mol. The van der Waals surface area contributed by atoms with Gasteiger partial charge in [0.05, 0.1) is 0 Å². The Balaban J connectivity index is 1.86. The highest BCUT2D eigenvalue weighted by Crippen LogP contribution is 2.08. The highest BCUT2D eigenvalue weighted by molar-refractivity contribution is 5.91. The lowest BCUT2D eigenvalue weighted by molar-refractivity contribution is -0.607. The lowest BCUT2D eigenvalue weighted by atomic mass is 10.1.